The van der Waals surface area contributed by atoms with Crippen molar-refractivity contribution in [3.05, 3.63) is 23.9 Å². The van der Waals surface area contributed by atoms with E-state index in [2.05, 4.69) is 10.3 Å². The quantitative estimate of drug-likeness (QED) is 0.801. The van der Waals surface area contributed by atoms with E-state index in [1.807, 2.05) is 20.1 Å². The number of thioether (sulfide) groups is 1. The number of amides is 1. The molecule has 0 bridgehead atoms. The number of hydrogen-bond acceptors (Lipinski definition) is 4. The molecule has 0 fully saturated rings. The fourth-order valence-corrected chi connectivity index (χ4v) is 1.56. The molecule has 1 amide bonds. The van der Waals surface area contributed by atoms with Crippen LogP contribution < -0.4 is 5.32 Å². The van der Waals surface area contributed by atoms with E-state index in [9.17, 15) is 9.90 Å². The van der Waals surface area contributed by atoms with Gasteiger partial charge >= 0.3 is 0 Å². The molecule has 1 rings (SSSR count). The number of nitrogens with zero attached hydrogens (tertiary/aromatic N) is 1. The third-order valence-corrected chi connectivity index (χ3v) is 3.72. The molecule has 1 unspecified atom stereocenters. The smallest absolute Gasteiger partial charge is 0.252 e. The fourth-order valence-electron chi connectivity index (χ4n) is 1.20. The molecule has 1 aromatic rings. The maximum Gasteiger partial charge on any atom is 0.252 e. The number of aliphatic hydroxyl groups is 1. The zero-order valence-electron chi connectivity index (χ0n) is 11.2. The highest BCUT2D eigenvalue weighted by Gasteiger charge is 2.25. The van der Waals surface area contributed by atoms with Crippen LogP contribution in [0.5, 0.6) is 0 Å². The van der Waals surface area contributed by atoms with E-state index in [1.54, 1.807) is 25.3 Å². The summed E-state index contributed by atoms with van der Waals surface area (Å²) in [5, 5.41) is 13.6. The maximum atomic E-state index is 11.8. The van der Waals surface area contributed by atoms with Gasteiger partial charge in [-0.2, -0.15) is 0 Å². The average molecular weight is 268 g/mol. The SMILES string of the molecule is CSc1ccc(C(=O)NCC(C)(O)C(C)C)cn1. The molecule has 100 valence electrons. The molecule has 0 aliphatic heterocycles. The van der Waals surface area contributed by atoms with Crippen molar-refractivity contribution in [2.75, 3.05) is 12.8 Å². The predicted octanol–water partition coefficient (Wildman–Crippen LogP) is 1.94. The van der Waals surface area contributed by atoms with Gasteiger partial charge in [0.15, 0.2) is 0 Å². The molecular weight excluding hydrogens is 248 g/mol. The average Bonchev–Trinajstić information content (AvgIpc) is 2.36. The second-order valence-electron chi connectivity index (χ2n) is 4.78. The molecule has 1 atom stereocenters. The van der Waals surface area contributed by atoms with Crippen LogP contribution in [0.2, 0.25) is 0 Å². The molecule has 18 heavy (non-hydrogen) atoms. The maximum absolute atomic E-state index is 11.8. The van der Waals surface area contributed by atoms with Gasteiger partial charge < -0.3 is 10.4 Å². The molecule has 0 aliphatic carbocycles. The highest BCUT2D eigenvalue weighted by molar-refractivity contribution is 7.98. The minimum absolute atomic E-state index is 0.0785. The summed E-state index contributed by atoms with van der Waals surface area (Å²) in [4.78, 5) is 16.0. The molecule has 0 aromatic carbocycles. The first kappa shape index (κ1) is 15.0. The second-order valence-corrected chi connectivity index (χ2v) is 5.61. The van der Waals surface area contributed by atoms with Crippen LogP contribution in [0.1, 0.15) is 31.1 Å². The molecule has 1 aromatic heterocycles. The van der Waals surface area contributed by atoms with Crippen molar-refractivity contribution in [2.24, 2.45) is 5.92 Å². The first-order valence-corrected chi connectivity index (χ1v) is 7.10. The number of rotatable bonds is 5. The zero-order valence-corrected chi connectivity index (χ0v) is 12.0. The summed E-state index contributed by atoms with van der Waals surface area (Å²) in [6.07, 6.45) is 3.48. The van der Waals surface area contributed by atoms with Crippen LogP contribution >= 0.6 is 11.8 Å². The van der Waals surface area contributed by atoms with E-state index < -0.39 is 5.60 Å². The molecule has 4 nitrogen and oxygen atoms in total. The summed E-state index contributed by atoms with van der Waals surface area (Å²) in [5.41, 5.74) is -0.394. The molecule has 0 saturated carbocycles. The van der Waals surface area contributed by atoms with E-state index in [0.717, 1.165) is 5.03 Å². The van der Waals surface area contributed by atoms with Gasteiger partial charge in [0.1, 0.15) is 0 Å². The van der Waals surface area contributed by atoms with Crippen LogP contribution in [0.25, 0.3) is 0 Å². The highest BCUT2D eigenvalue weighted by atomic mass is 32.2. The number of carbonyl (C=O) groups excluding carboxylic acids is 1. The predicted molar refractivity (Wildman–Crippen MR) is 73.8 cm³/mol. The van der Waals surface area contributed by atoms with Crippen molar-refractivity contribution < 1.29 is 9.90 Å². The van der Waals surface area contributed by atoms with E-state index in [-0.39, 0.29) is 18.4 Å². The lowest BCUT2D eigenvalue weighted by atomic mass is 9.92. The number of hydrogen-bond donors (Lipinski definition) is 2. The monoisotopic (exact) mass is 268 g/mol. The lowest BCUT2D eigenvalue weighted by Gasteiger charge is -2.27. The second kappa shape index (κ2) is 6.20. The molecular formula is C13H20N2O2S. The Balaban J connectivity index is 2.60. The Bertz CT molecular complexity index is 402. The van der Waals surface area contributed by atoms with Gasteiger partial charge in [-0.25, -0.2) is 4.98 Å². The summed E-state index contributed by atoms with van der Waals surface area (Å²) in [6.45, 7) is 5.78. The summed E-state index contributed by atoms with van der Waals surface area (Å²) >= 11 is 1.53. The highest BCUT2D eigenvalue weighted by Crippen LogP contribution is 2.15. The Labute approximate surface area is 112 Å². The Morgan fingerprint density at radius 3 is 2.67 bits per heavy atom. The normalized spacial score (nSPS) is 14.3. The Hall–Kier alpha value is -1.07. The number of carbonyl (C=O) groups is 1. The van der Waals surface area contributed by atoms with Crippen molar-refractivity contribution in [3.8, 4) is 0 Å². The summed E-state index contributed by atoms with van der Waals surface area (Å²) < 4.78 is 0. The topological polar surface area (TPSA) is 62.2 Å². The Morgan fingerprint density at radius 1 is 1.56 bits per heavy atom. The standard InChI is InChI=1S/C13H20N2O2S/c1-9(2)13(3,17)8-15-12(16)10-5-6-11(18-4)14-7-10/h5-7,9,17H,8H2,1-4H3,(H,15,16). The van der Waals surface area contributed by atoms with Crippen LogP contribution in [-0.2, 0) is 0 Å². The van der Waals surface area contributed by atoms with Gasteiger partial charge in [-0.3, -0.25) is 4.79 Å². The molecule has 1 heterocycles. The van der Waals surface area contributed by atoms with E-state index in [1.165, 1.54) is 11.8 Å². The van der Waals surface area contributed by atoms with Crippen LogP contribution in [0.15, 0.2) is 23.4 Å². The van der Waals surface area contributed by atoms with Crippen LogP contribution in [-0.4, -0.2) is 34.4 Å². The minimum Gasteiger partial charge on any atom is -0.388 e. The first-order chi connectivity index (χ1) is 8.36. The van der Waals surface area contributed by atoms with E-state index in [4.69, 9.17) is 0 Å². The van der Waals surface area contributed by atoms with Gasteiger partial charge in [0.25, 0.3) is 5.91 Å². The molecule has 2 N–H and O–H groups in total. The van der Waals surface area contributed by atoms with Gasteiger partial charge in [0.05, 0.1) is 16.2 Å². The third-order valence-electron chi connectivity index (χ3n) is 3.06. The molecule has 0 saturated heterocycles. The van der Waals surface area contributed by atoms with Gasteiger partial charge in [-0.05, 0) is 31.2 Å². The van der Waals surface area contributed by atoms with Crippen molar-refractivity contribution in [1.29, 1.82) is 0 Å². The first-order valence-electron chi connectivity index (χ1n) is 5.87. The summed E-state index contributed by atoms with van der Waals surface area (Å²) in [5.74, 6) is -0.133. The van der Waals surface area contributed by atoms with Gasteiger partial charge in [-0.1, -0.05) is 13.8 Å². The van der Waals surface area contributed by atoms with Gasteiger partial charge in [0.2, 0.25) is 0 Å². The number of pyridine rings is 1. The van der Waals surface area contributed by atoms with E-state index in [0.29, 0.717) is 5.56 Å². The molecule has 0 aliphatic rings. The Morgan fingerprint density at radius 2 is 2.22 bits per heavy atom. The van der Waals surface area contributed by atoms with Crippen LogP contribution in [0, 0.1) is 5.92 Å². The van der Waals surface area contributed by atoms with Crippen molar-refractivity contribution >= 4 is 17.7 Å². The van der Waals surface area contributed by atoms with Crippen LogP contribution in [0.3, 0.4) is 0 Å². The molecule has 0 radical (unpaired) electrons. The third kappa shape index (κ3) is 3.99. The van der Waals surface area contributed by atoms with E-state index >= 15 is 0 Å². The Kier molecular flexibility index (Phi) is 5.16. The van der Waals surface area contributed by atoms with Gasteiger partial charge in [-0.15, -0.1) is 11.8 Å². The van der Waals surface area contributed by atoms with Crippen molar-refractivity contribution in [1.82, 2.24) is 10.3 Å². The van der Waals surface area contributed by atoms with Crippen molar-refractivity contribution in [3.63, 3.8) is 0 Å². The fraction of sp³-hybridized carbons (Fsp3) is 0.538. The molecule has 5 heteroatoms. The van der Waals surface area contributed by atoms with Gasteiger partial charge in [0, 0.05) is 12.7 Å². The molecule has 0 spiro atoms. The number of nitrogens with one attached hydrogen (secondary N) is 1. The lowest BCUT2D eigenvalue weighted by Crippen LogP contribution is -2.44. The largest absolute Gasteiger partial charge is 0.388 e. The minimum atomic E-state index is -0.900. The lowest BCUT2D eigenvalue weighted by molar-refractivity contribution is 0.0142. The number of aromatic nitrogens is 1. The summed E-state index contributed by atoms with van der Waals surface area (Å²) in [7, 11) is 0. The summed E-state index contributed by atoms with van der Waals surface area (Å²) in [6, 6.07) is 3.54. The van der Waals surface area contributed by atoms with Crippen LogP contribution in [0.4, 0.5) is 0 Å². The zero-order chi connectivity index (χ0) is 13.8. The van der Waals surface area contributed by atoms with Crippen molar-refractivity contribution in [2.45, 2.75) is 31.4 Å².